The van der Waals surface area contributed by atoms with Crippen molar-refractivity contribution in [2.75, 3.05) is 12.4 Å². The number of ether oxygens (including phenoxy) is 1. The van der Waals surface area contributed by atoms with Crippen molar-refractivity contribution in [2.24, 2.45) is 5.41 Å². The van der Waals surface area contributed by atoms with Crippen LogP contribution < -0.4 is 0 Å². The van der Waals surface area contributed by atoms with Gasteiger partial charge in [0, 0.05) is 12.4 Å². The van der Waals surface area contributed by atoms with Crippen molar-refractivity contribution >= 4 is 15.9 Å². The monoisotopic (exact) mass is 262 g/mol. The molecule has 0 aliphatic rings. The fourth-order valence-corrected chi connectivity index (χ4v) is 2.05. The fourth-order valence-electron chi connectivity index (χ4n) is 1.50. The molecule has 0 aliphatic heterocycles. The van der Waals surface area contributed by atoms with Gasteiger partial charge in [0.1, 0.15) is 0 Å². The SMILES string of the molecule is COC(CC/C(C)=C/CBr)C(C)(C)C. The quantitative estimate of drug-likeness (QED) is 0.534. The Bertz CT molecular complexity index is 179. The molecule has 14 heavy (non-hydrogen) atoms. The Hall–Kier alpha value is 0.180. The second-order valence-electron chi connectivity index (χ2n) is 4.83. The maximum atomic E-state index is 5.50. The molecule has 0 rings (SSSR count). The van der Waals surface area contributed by atoms with E-state index in [0.717, 1.165) is 18.2 Å². The van der Waals surface area contributed by atoms with Gasteiger partial charge in [0.2, 0.25) is 0 Å². The van der Waals surface area contributed by atoms with E-state index in [0.29, 0.717) is 6.10 Å². The van der Waals surface area contributed by atoms with Crippen LogP contribution in [0.5, 0.6) is 0 Å². The van der Waals surface area contributed by atoms with Crippen LogP contribution >= 0.6 is 15.9 Å². The molecule has 0 aromatic carbocycles. The number of methoxy groups -OCH3 is 1. The van der Waals surface area contributed by atoms with Crippen LogP contribution in [0.25, 0.3) is 0 Å². The maximum Gasteiger partial charge on any atom is 0.0622 e. The van der Waals surface area contributed by atoms with Gasteiger partial charge in [0.15, 0.2) is 0 Å². The number of allylic oxidation sites excluding steroid dienone is 2. The van der Waals surface area contributed by atoms with Gasteiger partial charge in [-0.15, -0.1) is 0 Å². The lowest BCUT2D eigenvalue weighted by atomic mass is 9.85. The fraction of sp³-hybridized carbons (Fsp3) is 0.833. The predicted molar refractivity (Wildman–Crippen MR) is 67.0 cm³/mol. The molecule has 0 aromatic rings. The average Bonchev–Trinajstić information content (AvgIpc) is 2.03. The van der Waals surface area contributed by atoms with Gasteiger partial charge >= 0.3 is 0 Å². The molecule has 84 valence electrons. The van der Waals surface area contributed by atoms with E-state index in [4.69, 9.17) is 4.74 Å². The zero-order valence-corrected chi connectivity index (χ0v) is 11.6. The van der Waals surface area contributed by atoms with Crippen LogP contribution in [-0.2, 0) is 4.74 Å². The first-order chi connectivity index (χ1) is 6.41. The smallest absolute Gasteiger partial charge is 0.0622 e. The van der Waals surface area contributed by atoms with Crippen LogP contribution in [-0.4, -0.2) is 18.5 Å². The minimum Gasteiger partial charge on any atom is -0.381 e. The number of hydrogen-bond acceptors (Lipinski definition) is 1. The van der Waals surface area contributed by atoms with Gasteiger partial charge in [-0.05, 0) is 25.2 Å². The summed E-state index contributed by atoms with van der Waals surface area (Å²) in [5.41, 5.74) is 1.68. The Morgan fingerprint density at radius 3 is 2.36 bits per heavy atom. The molecular weight excluding hydrogens is 240 g/mol. The molecule has 1 atom stereocenters. The number of alkyl halides is 1. The van der Waals surface area contributed by atoms with Crippen molar-refractivity contribution in [3.63, 3.8) is 0 Å². The van der Waals surface area contributed by atoms with Crippen LogP contribution in [0, 0.1) is 5.41 Å². The van der Waals surface area contributed by atoms with Crippen molar-refractivity contribution < 1.29 is 4.74 Å². The molecule has 0 saturated heterocycles. The molecular formula is C12H23BrO. The molecule has 0 heterocycles. The zero-order valence-electron chi connectivity index (χ0n) is 10.1. The van der Waals surface area contributed by atoms with Gasteiger partial charge in [-0.2, -0.15) is 0 Å². The van der Waals surface area contributed by atoms with Crippen LogP contribution in [0.4, 0.5) is 0 Å². The Labute approximate surface area is 97.0 Å². The normalized spacial score (nSPS) is 15.7. The molecule has 1 unspecified atom stereocenters. The number of hydrogen-bond donors (Lipinski definition) is 0. The van der Waals surface area contributed by atoms with Crippen LogP contribution in [0.15, 0.2) is 11.6 Å². The van der Waals surface area contributed by atoms with E-state index in [-0.39, 0.29) is 5.41 Å². The Kier molecular flexibility index (Phi) is 6.71. The molecule has 0 radical (unpaired) electrons. The van der Waals surface area contributed by atoms with E-state index in [9.17, 15) is 0 Å². The number of rotatable bonds is 5. The summed E-state index contributed by atoms with van der Waals surface area (Å²) in [7, 11) is 1.81. The van der Waals surface area contributed by atoms with Crippen molar-refractivity contribution in [1.82, 2.24) is 0 Å². The molecule has 0 fully saturated rings. The van der Waals surface area contributed by atoms with Crippen LogP contribution in [0.1, 0.15) is 40.5 Å². The summed E-state index contributed by atoms with van der Waals surface area (Å²) in [6.07, 6.45) is 4.80. The third-order valence-electron chi connectivity index (χ3n) is 2.48. The van der Waals surface area contributed by atoms with Gasteiger partial charge in [0.25, 0.3) is 0 Å². The first-order valence-corrected chi connectivity index (χ1v) is 6.28. The first kappa shape index (κ1) is 14.2. The summed E-state index contributed by atoms with van der Waals surface area (Å²) in [5, 5.41) is 0.950. The summed E-state index contributed by atoms with van der Waals surface area (Å²) in [4.78, 5) is 0. The van der Waals surface area contributed by atoms with Gasteiger partial charge in [-0.25, -0.2) is 0 Å². The molecule has 0 amide bonds. The highest BCUT2D eigenvalue weighted by Gasteiger charge is 2.23. The molecule has 0 spiro atoms. The van der Waals surface area contributed by atoms with E-state index in [1.165, 1.54) is 5.57 Å². The van der Waals surface area contributed by atoms with Crippen molar-refractivity contribution in [3.8, 4) is 0 Å². The van der Waals surface area contributed by atoms with Gasteiger partial charge in [0.05, 0.1) is 6.10 Å². The Balaban J connectivity index is 4.03. The standard InChI is InChI=1S/C12H23BrO/c1-10(8-9-13)6-7-11(14-5)12(2,3)4/h8,11H,6-7,9H2,1-5H3/b10-8+. The van der Waals surface area contributed by atoms with Gasteiger partial charge < -0.3 is 4.74 Å². The van der Waals surface area contributed by atoms with E-state index in [1.807, 2.05) is 0 Å². The Morgan fingerprint density at radius 1 is 1.43 bits per heavy atom. The lowest BCUT2D eigenvalue weighted by Crippen LogP contribution is -2.28. The van der Waals surface area contributed by atoms with E-state index in [1.54, 1.807) is 7.11 Å². The predicted octanol–water partition coefficient (Wildman–Crippen LogP) is 4.17. The van der Waals surface area contributed by atoms with Crippen molar-refractivity contribution in [1.29, 1.82) is 0 Å². The van der Waals surface area contributed by atoms with Gasteiger partial charge in [-0.3, -0.25) is 0 Å². The summed E-state index contributed by atoms with van der Waals surface area (Å²) in [6, 6.07) is 0. The zero-order chi connectivity index (χ0) is 11.2. The topological polar surface area (TPSA) is 9.23 Å². The van der Waals surface area contributed by atoms with Crippen LogP contribution in [0.2, 0.25) is 0 Å². The summed E-state index contributed by atoms with van der Waals surface area (Å²) >= 11 is 3.41. The molecule has 1 nitrogen and oxygen atoms in total. The molecule has 0 aliphatic carbocycles. The van der Waals surface area contributed by atoms with E-state index < -0.39 is 0 Å². The maximum absolute atomic E-state index is 5.50. The van der Waals surface area contributed by atoms with Crippen LogP contribution in [0.3, 0.4) is 0 Å². The third kappa shape index (κ3) is 5.82. The summed E-state index contributed by atoms with van der Waals surface area (Å²) in [5.74, 6) is 0. The van der Waals surface area contributed by atoms with Gasteiger partial charge in [-0.1, -0.05) is 48.4 Å². The van der Waals surface area contributed by atoms with Crippen molar-refractivity contribution in [3.05, 3.63) is 11.6 Å². The van der Waals surface area contributed by atoms with Crippen molar-refractivity contribution in [2.45, 2.75) is 46.6 Å². The Morgan fingerprint density at radius 2 is 2.00 bits per heavy atom. The minimum absolute atomic E-state index is 0.240. The highest BCUT2D eigenvalue weighted by Crippen LogP contribution is 2.26. The highest BCUT2D eigenvalue weighted by atomic mass is 79.9. The second-order valence-corrected chi connectivity index (χ2v) is 5.48. The first-order valence-electron chi connectivity index (χ1n) is 5.16. The molecule has 0 aromatic heterocycles. The second kappa shape index (κ2) is 6.62. The molecule has 2 heteroatoms. The molecule has 0 N–H and O–H groups in total. The lowest BCUT2D eigenvalue weighted by Gasteiger charge is -2.29. The molecule has 0 bridgehead atoms. The third-order valence-corrected chi connectivity index (χ3v) is 2.80. The lowest BCUT2D eigenvalue weighted by molar-refractivity contribution is 0.0110. The number of halogens is 1. The summed E-state index contributed by atoms with van der Waals surface area (Å²) in [6.45, 7) is 8.86. The molecule has 0 saturated carbocycles. The average molecular weight is 263 g/mol. The largest absolute Gasteiger partial charge is 0.381 e. The minimum atomic E-state index is 0.240. The van der Waals surface area contributed by atoms with E-state index >= 15 is 0 Å². The summed E-state index contributed by atoms with van der Waals surface area (Å²) < 4.78 is 5.50. The van der Waals surface area contributed by atoms with E-state index in [2.05, 4.69) is 49.7 Å². The highest BCUT2D eigenvalue weighted by molar-refractivity contribution is 9.09.